The predicted octanol–water partition coefficient (Wildman–Crippen LogP) is 4.01. The number of benzene rings is 2. The summed E-state index contributed by atoms with van der Waals surface area (Å²) in [5.41, 5.74) is 2.42. The summed E-state index contributed by atoms with van der Waals surface area (Å²) in [6.45, 7) is 3.89. The van der Waals surface area contributed by atoms with Crippen molar-refractivity contribution in [2.75, 3.05) is 11.5 Å². The third-order valence-corrected chi connectivity index (χ3v) is 4.72. The number of halogens is 1. The Morgan fingerprint density at radius 1 is 1.07 bits per heavy atom. The lowest BCUT2D eigenvalue weighted by Crippen LogP contribution is -2.35. The number of carbonyl (C=O) groups excluding carboxylic acids is 1. The van der Waals surface area contributed by atoms with Gasteiger partial charge in [0.15, 0.2) is 12.4 Å². The molecule has 7 nitrogen and oxygen atoms in total. The molecule has 0 aliphatic carbocycles. The van der Waals surface area contributed by atoms with Crippen LogP contribution in [0.3, 0.4) is 0 Å². The number of carbonyl (C=O) groups is 1. The first-order valence-corrected chi connectivity index (χ1v) is 9.81. The standard InChI is InChI=1S/C22H20ClN5O2/c1-15-11-16(2)28-22(24-15)25-20(26-28)13-27(18-8-6-7-17(23)12-18)21(29)14-30-19-9-4-3-5-10-19/h3-12H,13-14H2,1-2H3. The monoisotopic (exact) mass is 421 g/mol. The molecule has 0 aliphatic heterocycles. The molecule has 0 atom stereocenters. The molecule has 8 heteroatoms. The zero-order valence-electron chi connectivity index (χ0n) is 16.6. The van der Waals surface area contributed by atoms with E-state index >= 15 is 0 Å². The molecule has 4 aromatic rings. The first kappa shape index (κ1) is 19.8. The fourth-order valence-electron chi connectivity index (χ4n) is 3.12. The van der Waals surface area contributed by atoms with Crippen molar-refractivity contribution >= 4 is 29.0 Å². The van der Waals surface area contributed by atoms with Crippen LogP contribution in [0, 0.1) is 13.8 Å². The number of amides is 1. The Hall–Kier alpha value is -3.45. The number of aromatic nitrogens is 4. The summed E-state index contributed by atoms with van der Waals surface area (Å²) < 4.78 is 7.32. The van der Waals surface area contributed by atoms with Gasteiger partial charge in [0.25, 0.3) is 11.7 Å². The average molecular weight is 422 g/mol. The van der Waals surface area contributed by atoms with Crippen LogP contribution in [0.5, 0.6) is 5.75 Å². The van der Waals surface area contributed by atoms with Crippen molar-refractivity contribution in [2.24, 2.45) is 0 Å². The van der Waals surface area contributed by atoms with Gasteiger partial charge in [0.2, 0.25) is 0 Å². The van der Waals surface area contributed by atoms with Gasteiger partial charge in [0.1, 0.15) is 5.75 Å². The van der Waals surface area contributed by atoms with Gasteiger partial charge in [-0.2, -0.15) is 4.98 Å². The number of anilines is 1. The number of rotatable bonds is 6. The Labute approximate surface area is 178 Å². The van der Waals surface area contributed by atoms with Gasteiger partial charge >= 0.3 is 0 Å². The van der Waals surface area contributed by atoms with Crippen molar-refractivity contribution in [1.82, 2.24) is 19.6 Å². The summed E-state index contributed by atoms with van der Waals surface area (Å²) in [6.07, 6.45) is 0. The molecule has 0 saturated heterocycles. The van der Waals surface area contributed by atoms with Crippen LogP contribution in [0.2, 0.25) is 5.02 Å². The normalized spacial score (nSPS) is 10.9. The number of aryl methyl sites for hydroxylation is 2. The third-order valence-electron chi connectivity index (χ3n) is 4.49. The highest BCUT2D eigenvalue weighted by Gasteiger charge is 2.20. The summed E-state index contributed by atoms with van der Waals surface area (Å²) in [4.78, 5) is 23.5. The van der Waals surface area contributed by atoms with E-state index in [4.69, 9.17) is 16.3 Å². The third kappa shape index (κ3) is 4.41. The van der Waals surface area contributed by atoms with E-state index in [1.54, 1.807) is 39.7 Å². The maximum absolute atomic E-state index is 13.0. The topological polar surface area (TPSA) is 72.6 Å². The van der Waals surface area contributed by atoms with E-state index in [-0.39, 0.29) is 19.1 Å². The molecule has 0 bridgehead atoms. The molecule has 2 aromatic carbocycles. The van der Waals surface area contributed by atoms with E-state index < -0.39 is 0 Å². The zero-order valence-corrected chi connectivity index (χ0v) is 17.4. The molecule has 2 heterocycles. The fraction of sp³-hybridized carbons (Fsp3) is 0.182. The number of hydrogen-bond donors (Lipinski definition) is 0. The highest BCUT2D eigenvalue weighted by Crippen LogP contribution is 2.22. The molecule has 152 valence electrons. The molecule has 1 amide bonds. The van der Waals surface area contributed by atoms with Gasteiger partial charge < -0.3 is 9.64 Å². The number of ether oxygens (including phenoxy) is 1. The molecule has 0 saturated carbocycles. The number of fused-ring (bicyclic) bond motifs is 1. The van der Waals surface area contributed by atoms with Crippen LogP contribution >= 0.6 is 11.6 Å². The van der Waals surface area contributed by atoms with Gasteiger partial charge in [0, 0.05) is 22.1 Å². The van der Waals surface area contributed by atoms with Crippen LogP contribution < -0.4 is 9.64 Å². The van der Waals surface area contributed by atoms with Gasteiger partial charge in [-0.3, -0.25) is 4.79 Å². The van der Waals surface area contributed by atoms with Gasteiger partial charge in [-0.25, -0.2) is 9.50 Å². The Bertz CT molecular complexity index is 1190. The average Bonchev–Trinajstić information content (AvgIpc) is 3.14. The smallest absolute Gasteiger partial charge is 0.265 e. The first-order valence-electron chi connectivity index (χ1n) is 9.43. The molecule has 0 spiro atoms. The predicted molar refractivity (Wildman–Crippen MR) is 115 cm³/mol. The Morgan fingerprint density at radius 3 is 2.63 bits per heavy atom. The highest BCUT2D eigenvalue weighted by atomic mass is 35.5. The maximum Gasteiger partial charge on any atom is 0.265 e. The lowest BCUT2D eigenvalue weighted by atomic mass is 10.2. The summed E-state index contributed by atoms with van der Waals surface area (Å²) >= 11 is 6.16. The first-order chi connectivity index (χ1) is 14.5. The van der Waals surface area contributed by atoms with Gasteiger partial charge in [-0.1, -0.05) is 35.9 Å². The van der Waals surface area contributed by atoms with Gasteiger partial charge in [-0.15, -0.1) is 5.10 Å². The van der Waals surface area contributed by atoms with Crippen LogP contribution in [0.15, 0.2) is 60.7 Å². The second kappa shape index (κ2) is 8.51. The van der Waals surface area contributed by atoms with Crippen LogP contribution in [-0.2, 0) is 11.3 Å². The van der Waals surface area contributed by atoms with E-state index in [0.29, 0.717) is 28.1 Å². The summed E-state index contributed by atoms with van der Waals surface area (Å²) in [5, 5.41) is 5.05. The largest absolute Gasteiger partial charge is 0.484 e. The van der Waals surface area contributed by atoms with Crippen LogP contribution in [0.1, 0.15) is 17.2 Å². The van der Waals surface area contributed by atoms with Crippen molar-refractivity contribution in [1.29, 1.82) is 0 Å². The summed E-state index contributed by atoms with van der Waals surface area (Å²) in [5.74, 6) is 1.37. The molecular weight excluding hydrogens is 402 g/mol. The van der Waals surface area contributed by atoms with Crippen molar-refractivity contribution in [3.63, 3.8) is 0 Å². The highest BCUT2D eigenvalue weighted by molar-refractivity contribution is 6.30. The van der Waals surface area contributed by atoms with Crippen molar-refractivity contribution in [3.05, 3.63) is 82.9 Å². The van der Waals surface area contributed by atoms with Crippen LogP contribution in [0.4, 0.5) is 5.69 Å². The SMILES string of the molecule is Cc1cc(C)n2nc(CN(C(=O)COc3ccccc3)c3cccc(Cl)c3)nc2n1. The summed E-state index contributed by atoms with van der Waals surface area (Å²) in [7, 11) is 0. The molecule has 0 N–H and O–H groups in total. The lowest BCUT2D eigenvalue weighted by Gasteiger charge is -2.22. The minimum Gasteiger partial charge on any atom is -0.484 e. The van der Waals surface area contributed by atoms with Crippen molar-refractivity contribution in [2.45, 2.75) is 20.4 Å². The number of nitrogens with zero attached hydrogens (tertiary/aromatic N) is 5. The molecule has 0 radical (unpaired) electrons. The molecule has 2 aromatic heterocycles. The second-order valence-corrected chi connectivity index (χ2v) is 7.28. The van der Waals surface area contributed by atoms with E-state index in [9.17, 15) is 4.79 Å². The number of para-hydroxylation sites is 1. The minimum absolute atomic E-state index is 0.125. The van der Waals surface area contributed by atoms with Crippen LogP contribution in [-0.4, -0.2) is 32.1 Å². The number of hydrogen-bond acceptors (Lipinski definition) is 5. The van der Waals surface area contributed by atoms with E-state index in [1.165, 1.54) is 0 Å². The Balaban J connectivity index is 1.62. The van der Waals surface area contributed by atoms with Crippen molar-refractivity contribution in [3.8, 4) is 5.75 Å². The maximum atomic E-state index is 13.0. The minimum atomic E-state index is -0.235. The Morgan fingerprint density at radius 2 is 1.87 bits per heavy atom. The van der Waals surface area contributed by atoms with Crippen LogP contribution in [0.25, 0.3) is 5.78 Å². The second-order valence-electron chi connectivity index (χ2n) is 6.84. The van der Waals surface area contributed by atoms with Gasteiger partial charge in [-0.05, 0) is 50.2 Å². The fourth-order valence-corrected chi connectivity index (χ4v) is 3.31. The van der Waals surface area contributed by atoms with E-state index in [1.807, 2.05) is 44.2 Å². The molecule has 4 rings (SSSR count). The molecule has 0 aliphatic rings. The van der Waals surface area contributed by atoms with E-state index in [2.05, 4.69) is 15.1 Å². The Kier molecular flexibility index (Phi) is 5.63. The van der Waals surface area contributed by atoms with Crippen molar-refractivity contribution < 1.29 is 9.53 Å². The van der Waals surface area contributed by atoms with Gasteiger partial charge in [0.05, 0.1) is 6.54 Å². The molecular formula is C22H20ClN5O2. The quantitative estimate of drug-likeness (QED) is 0.470. The molecule has 0 fully saturated rings. The molecule has 0 unspecified atom stereocenters. The summed E-state index contributed by atoms with van der Waals surface area (Å²) in [6, 6.07) is 18.2. The van der Waals surface area contributed by atoms with E-state index in [0.717, 1.165) is 11.4 Å². The molecule has 30 heavy (non-hydrogen) atoms. The lowest BCUT2D eigenvalue weighted by molar-refractivity contribution is -0.120. The zero-order chi connectivity index (χ0) is 21.1.